The van der Waals surface area contributed by atoms with E-state index in [0.717, 1.165) is 10.0 Å². The Hall–Kier alpha value is -1.17. The van der Waals surface area contributed by atoms with Gasteiger partial charge in [0, 0.05) is 0 Å². The SMILES string of the molecule is C=CCS(=O)(=O)N1OCC[C@H]1c1ccccc1. The molecule has 5 heteroatoms. The number of hydrogen-bond donors (Lipinski definition) is 0. The van der Waals surface area contributed by atoms with Gasteiger partial charge in [-0.25, -0.2) is 8.42 Å². The van der Waals surface area contributed by atoms with Crippen molar-refractivity contribution in [2.24, 2.45) is 0 Å². The molecule has 1 aliphatic heterocycles. The highest BCUT2D eigenvalue weighted by molar-refractivity contribution is 7.89. The largest absolute Gasteiger partial charge is 0.284 e. The minimum Gasteiger partial charge on any atom is -0.284 e. The molecule has 1 aliphatic rings. The molecule has 1 heterocycles. The van der Waals surface area contributed by atoms with Crippen molar-refractivity contribution in [1.29, 1.82) is 0 Å². The van der Waals surface area contributed by atoms with Gasteiger partial charge in [-0.05, 0) is 12.0 Å². The zero-order valence-corrected chi connectivity index (χ0v) is 10.3. The van der Waals surface area contributed by atoms with E-state index in [4.69, 9.17) is 4.84 Å². The number of hydrogen-bond acceptors (Lipinski definition) is 3. The second-order valence-corrected chi connectivity index (χ2v) is 5.73. The van der Waals surface area contributed by atoms with Crippen molar-refractivity contribution in [1.82, 2.24) is 4.47 Å². The third-order valence-corrected chi connectivity index (χ3v) is 4.22. The van der Waals surface area contributed by atoms with Crippen molar-refractivity contribution in [3.8, 4) is 0 Å². The van der Waals surface area contributed by atoms with Crippen LogP contribution in [0.5, 0.6) is 0 Å². The molecule has 0 saturated carbocycles. The van der Waals surface area contributed by atoms with Crippen LogP contribution >= 0.6 is 0 Å². The maximum Gasteiger partial charge on any atom is 0.240 e. The van der Waals surface area contributed by atoms with Gasteiger partial charge in [0.2, 0.25) is 10.0 Å². The molecule has 1 atom stereocenters. The summed E-state index contributed by atoms with van der Waals surface area (Å²) < 4.78 is 25.0. The van der Waals surface area contributed by atoms with Crippen LogP contribution < -0.4 is 0 Å². The maximum atomic E-state index is 11.9. The fourth-order valence-electron chi connectivity index (χ4n) is 1.91. The predicted molar refractivity (Wildman–Crippen MR) is 65.6 cm³/mol. The Labute approximate surface area is 102 Å². The average Bonchev–Trinajstić information content (AvgIpc) is 2.79. The van der Waals surface area contributed by atoms with E-state index in [2.05, 4.69) is 6.58 Å². The van der Waals surface area contributed by atoms with Crippen LogP contribution in [0, 0.1) is 0 Å². The van der Waals surface area contributed by atoms with E-state index in [1.54, 1.807) is 0 Å². The minimum absolute atomic E-state index is 0.101. The van der Waals surface area contributed by atoms with E-state index >= 15 is 0 Å². The zero-order chi connectivity index (χ0) is 12.3. The summed E-state index contributed by atoms with van der Waals surface area (Å²) in [5.41, 5.74) is 0.956. The smallest absolute Gasteiger partial charge is 0.240 e. The van der Waals surface area contributed by atoms with Gasteiger partial charge >= 0.3 is 0 Å². The highest BCUT2D eigenvalue weighted by Gasteiger charge is 2.35. The van der Waals surface area contributed by atoms with Crippen LogP contribution in [0.2, 0.25) is 0 Å². The lowest BCUT2D eigenvalue weighted by molar-refractivity contribution is -0.0496. The Morgan fingerprint density at radius 3 is 2.76 bits per heavy atom. The third-order valence-electron chi connectivity index (χ3n) is 2.65. The van der Waals surface area contributed by atoms with Crippen LogP contribution in [0.25, 0.3) is 0 Å². The molecule has 1 aromatic carbocycles. The molecule has 0 unspecified atom stereocenters. The van der Waals surface area contributed by atoms with Gasteiger partial charge in [-0.3, -0.25) is 4.84 Å². The lowest BCUT2D eigenvalue weighted by Gasteiger charge is -2.21. The molecule has 0 N–H and O–H groups in total. The van der Waals surface area contributed by atoms with E-state index in [1.807, 2.05) is 30.3 Å². The molecule has 1 aromatic rings. The van der Waals surface area contributed by atoms with Crippen molar-refractivity contribution >= 4 is 10.0 Å². The molecule has 4 nitrogen and oxygen atoms in total. The van der Waals surface area contributed by atoms with E-state index in [9.17, 15) is 8.42 Å². The number of rotatable bonds is 4. The quantitative estimate of drug-likeness (QED) is 0.770. The van der Waals surface area contributed by atoms with Gasteiger partial charge in [-0.1, -0.05) is 40.9 Å². The summed E-state index contributed by atoms with van der Waals surface area (Å²) in [7, 11) is -3.41. The number of sulfonamides is 1. The van der Waals surface area contributed by atoms with Crippen LogP contribution in [0.1, 0.15) is 18.0 Å². The van der Waals surface area contributed by atoms with Gasteiger partial charge in [0.15, 0.2) is 0 Å². The Balaban J connectivity index is 2.27. The van der Waals surface area contributed by atoms with Crippen molar-refractivity contribution in [3.63, 3.8) is 0 Å². The van der Waals surface area contributed by atoms with Crippen LogP contribution in [-0.4, -0.2) is 25.2 Å². The van der Waals surface area contributed by atoms with Crippen molar-refractivity contribution < 1.29 is 13.3 Å². The summed E-state index contributed by atoms with van der Waals surface area (Å²) in [4.78, 5) is 5.23. The molecule has 1 saturated heterocycles. The third kappa shape index (κ3) is 2.57. The molecular formula is C12H15NO3S. The number of hydroxylamine groups is 1. The molecule has 0 radical (unpaired) electrons. The molecule has 0 aliphatic carbocycles. The van der Waals surface area contributed by atoms with Gasteiger partial charge in [0.25, 0.3) is 0 Å². The Morgan fingerprint density at radius 1 is 1.41 bits per heavy atom. The van der Waals surface area contributed by atoms with Gasteiger partial charge in [-0.2, -0.15) is 0 Å². The lowest BCUT2D eigenvalue weighted by atomic mass is 10.1. The second-order valence-electron chi connectivity index (χ2n) is 3.87. The van der Waals surface area contributed by atoms with E-state index < -0.39 is 10.0 Å². The van der Waals surface area contributed by atoms with Crippen LogP contribution in [-0.2, 0) is 14.9 Å². The summed E-state index contributed by atoms with van der Waals surface area (Å²) in [6.45, 7) is 3.88. The Kier molecular flexibility index (Phi) is 3.61. The molecule has 2 rings (SSSR count). The first-order chi connectivity index (χ1) is 8.15. The highest BCUT2D eigenvalue weighted by Crippen LogP contribution is 2.32. The molecule has 0 spiro atoms. The van der Waals surface area contributed by atoms with Gasteiger partial charge in [-0.15, -0.1) is 6.58 Å². The van der Waals surface area contributed by atoms with E-state index in [1.165, 1.54) is 6.08 Å². The average molecular weight is 253 g/mol. The highest BCUT2D eigenvalue weighted by atomic mass is 32.2. The molecule has 17 heavy (non-hydrogen) atoms. The summed E-state index contributed by atoms with van der Waals surface area (Å²) in [5.74, 6) is -0.101. The monoisotopic (exact) mass is 253 g/mol. The van der Waals surface area contributed by atoms with Crippen LogP contribution in [0.4, 0.5) is 0 Å². The lowest BCUT2D eigenvalue weighted by Crippen LogP contribution is -2.31. The maximum absolute atomic E-state index is 11.9. The van der Waals surface area contributed by atoms with Crippen LogP contribution in [0.3, 0.4) is 0 Å². The van der Waals surface area contributed by atoms with Gasteiger partial charge < -0.3 is 0 Å². The first-order valence-corrected chi connectivity index (χ1v) is 7.07. The fourth-order valence-corrected chi connectivity index (χ4v) is 3.20. The molecule has 1 fully saturated rings. The normalized spacial score (nSPS) is 21.5. The van der Waals surface area contributed by atoms with Crippen molar-refractivity contribution in [2.75, 3.05) is 12.4 Å². The summed E-state index contributed by atoms with van der Waals surface area (Å²) in [6, 6.07) is 9.30. The molecule has 0 aromatic heterocycles. The van der Waals surface area contributed by atoms with Crippen molar-refractivity contribution in [2.45, 2.75) is 12.5 Å². The van der Waals surface area contributed by atoms with Crippen molar-refractivity contribution in [3.05, 3.63) is 48.6 Å². The predicted octanol–water partition coefficient (Wildman–Crippen LogP) is 1.88. The standard InChI is InChI=1S/C12H15NO3S/c1-2-10-17(14,15)13-12(8-9-16-13)11-6-4-3-5-7-11/h2-7,12H,1,8-10H2/t12-/m0/s1. The Bertz CT molecular complexity index is 484. The topological polar surface area (TPSA) is 46.6 Å². The molecule has 0 bridgehead atoms. The molecular weight excluding hydrogens is 238 g/mol. The summed E-state index contributed by atoms with van der Waals surface area (Å²) >= 11 is 0. The second kappa shape index (κ2) is 5.00. The van der Waals surface area contributed by atoms with Gasteiger partial charge in [0.1, 0.15) is 0 Å². The zero-order valence-electron chi connectivity index (χ0n) is 9.45. The summed E-state index contributed by atoms with van der Waals surface area (Å²) in [6.07, 6.45) is 2.06. The number of nitrogens with zero attached hydrogens (tertiary/aromatic N) is 1. The van der Waals surface area contributed by atoms with Crippen LogP contribution in [0.15, 0.2) is 43.0 Å². The van der Waals surface area contributed by atoms with E-state index in [-0.39, 0.29) is 11.8 Å². The minimum atomic E-state index is -3.41. The first kappa shape index (κ1) is 12.3. The number of benzene rings is 1. The van der Waals surface area contributed by atoms with E-state index in [0.29, 0.717) is 13.0 Å². The first-order valence-electron chi connectivity index (χ1n) is 5.46. The fraction of sp³-hybridized carbons (Fsp3) is 0.333. The summed E-state index contributed by atoms with van der Waals surface area (Å²) in [5, 5.41) is 0. The molecule has 92 valence electrons. The van der Waals surface area contributed by atoms with Gasteiger partial charge in [0.05, 0.1) is 18.4 Å². The Morgan fingerprint density at radius 2 is 2.12 bits per heavy atom. The molecule has 0 amide bonds.